The van der Waals surface area contributed by atoms with E-state index in [-0.39, 0.29) is 0 Å². The Morgan fingerprint density at radius 2 is 2.05 bits per heavy atom. The van der Waals surface area contributed by atoms with Gasteiger partial charge in [-0.15, -0.1) is 0 Å². The molecule has 3 rings (SSSR count). The van der Waals surface area contributed by atoms with E-state index in [0.29, 0.717) is 0 Å². The number of hydrogen-bond donors (Lipinski definition) is 2. The molecule has 0 amide bonds. The molecule has 0 bridgehead atoms. The van der Waals surface area contributed by atoms with Crippen molar-refractivity contribution in [2.45, 2.75) is 20.4 Å². The predicted molar refractivity (Wildman–Crippen MR) is 77.1 cm³/mol. The van der Waals surface area contributed by atoms with Gasteiger partial charge in [-0.05, 0) is 38.1 Å². The Kier molecular flexibility index (Phi) is 2.91. The molecule has 19 heavy (non-hydrogen) atoms. The maximum Gasteiger partial charge on any atom is 0.0722 e. The minimum atomic E-state index is 0.766. The Morgan fingerprint density at radius 1 is 1.16 bits per heavy atom. The van der Waals surface area contributed by atoms with Gasteiger partial charge in [0.2, 0.25) is 0 Å². The second-order valence-corrected chi connectivity index (χ2v) is 4.64. The highest BCUT2D eigenvalue weighted by Gasteiger charge is 2.07. The van der Waals surface area contributed by atoms with Gasteiger partial charge in [-0.2, -0.15) is 5.10 Å². The van der Waals surface area contributed by atoms with Gasteiger partial charge in [0, 0.05) is 35.1 Å². The molecule has 0 aliphatic carbocycles. The van der Waals surface area contributed by atoms with E-state index >= 15 is 0 Å². The number of fused-ring (bicyclic) bond motifs is 1. The smallest absolute Gasteiger partial charge is 0.0722 e. The van der Waals surface area contributed by atoms with Crippen LogP contribution in [-0.4, -0.2) is 15.2 Å². The standard InChI is InChI=1S/C15H16N4/c1-10-13(11(2)19-18-10)9-17-15-7-3-6-14-12(15)5-4-8-16-14/h3-8,17H,9H2,1-2H3,(H,18,19). The lowest BCUT2D eigenvalue weighted by Gasteiger charge is -2.09. The van der Waals surface area contributed by atoms with Crippen LogP contribution in [-0.2, 0) is 6.54 Å². The van der Waals surface area contributed by atoms with Gasteiger partial charge < -0.3 is 5.32 Å². The first-order chi connectivity index (χ1) is 9.25. The highest BCUT2D eigenvalue weighted by molar-refractivity contribution is 5.91. The maximum atomic E-state index is 4.36. The van der Waals surface area contributed by atoms with E-state index in [1.807, 2.05) is 38.2 Å². The summed E-state index contributed by atoms with van der Waals surface area (Å²) in [5.74, 6) is 0. The zero-order valence-corrected chi connectivity index (χ0v) is 11.1. The van der Waals surface area contributed by atoms with Crippen LogP contribution in [0.1, 0.15) is 17.0 Å². The highest BCUT2D eigenvalue weighted by atomic mass is 15.1. The van der Waals surface area contributed by atoms with Gasteiger partial charge >= 0.3 is 0 Å². The molecule has 0 fully saturated rings. The molecule has 2 heterocycles. The summed E-state index contributed by atoms with van der Waals surface area (Å²) in [6.45, 7) is 4.83. The van der Waals surface area contributed by atoms with Crippen molar-refractivity contribution < 1.29 is 0 Å². The summed E-state index contributed by atoms with van der Waals surface area (Å²) in [6.07, 6.45) is 1.82. The Hall–Kier alpha value is -2.36. The molecule has 2 aromatic heterocycles. The SMILES string of the molecule is Cc1n[nH]c(C)c1CNc1cccc2ncccc12. The van der Waals surface area contributed by atoms with Crippen LogP contribution < -0.4 is 5.32 Å². The third-order valence-corrected chi connectivity index (χ3v) is 3.38. The summed E-state index contributed by atoms with van der Waals surface area (Å²) in [4.78, 5) is 4.36. The van der Waals surface area contributed by atoms with Crippen LogP contribution in [0.4, 0.5) is 5.69 Å². The summed E-state index contributed by atoms with van der Waals surface area (Å²) in [6, 6.07) is 10.2. The van der Waals surface area contributed by atoms with Crippen LogP contribution in [0.3, 0.4) is 0 Å². The Labute approximate surface area is 111 Å². The number of aromatic amines is 1. The molecule has 0 spiro atoms. The van der Waals surface area contributed by atoms with E-state index in [1.54, 1.807) is 0 Å². The molecule has 2 N–H and O–H groups in total. The molecule has 1 aromatic carbocycles. The first-order valence-corrected chi connectivity index (χ1v) is 6.34. The normalized spacial score (nSPS) is 10.8. The first-order valence-electron chi connectivity index (χ1n) is 6.34. The van der Waals surface area contributed by atoms with Gasteiger partial charge in [0.1, 0.15) is 0 Å². The lowest BCUT2D eigenvalue weighted by molar-refractivity contribution is 1.02. The molecule has 0 unspecified atom stereocenters. The third-order valence-electron chi connectivity index (χ3n) is 3.38. The van der Waals surface area contributed by atoms with Crippen LogP contribution >= 0.6 is 0 Å². The topological polar surface area (TPSA) is 53.6 Å². The second kappa shape index (κ2) is 4.72. The molecule has 0 radical (unpaired) electrons. The van der Waals surface area contributed by atoms with Gasteiger partial charge in [0.15, 0.2) is 0 Å². The fourth-order valence-electron chi connectivity index (χ4n) is 2.28. The molecular weight excluding hydrogens is 236 g/mol. The molecule has 0 atom stereocenters. The van der Waals surface area contributed by atoms with E-state index in [1.165, 1.54) is 5.56 Å². The van der Waals surface area contributed by atoms with Crippen molar-refractivity contribution in [1.29, 1.82) is 0 Å². The van der Waals surface area contributed by atoms with Crippen molar-refractivity contribution in [1.82, 2.24) is 15.2 Å². The number of nitrogens with zero attached hydrogens (tertiary/aromatic N) is 2. The number of benzene rings is 1. The van der Waals surface area contributed by atoms with Gasteiger partial charge in [-0.25, -0.2) is 0 Å². The maximum absolute atomic E-state index is 4.36. The number of H-pyrrole nitrogens is 1. The largest absolute Gasteiger partial charge is 0.380 e. The fraction of sp³-hybridized carbons (Fsp3) is 0.200. The summed E-state index contributed by atoms with van der Waals surface area (Å²) >= 11 is 0. The Morgan fingerprint density at radius 3 is 2.84 bits per heavy atom. The number of aryl methyl sites for hydroxylation is 2. The fourth-order valence-corrected chi connectivity index (χ4v) is 2.28. The van der Waals surface area contributed by atoms with Crippen LogP contribution in [0, 0.1) is 13.8 Å². The summed E-state index contributed by atoms with van der Waals surface area (Å²) in [5.41, 5.74) is 5.49. The molecule has 96 valence electrons. The minimum Gasteiger partial charge on any atom is -0.380 e. The van der Waals surface area contributed by atoms with Crippen molar-refractivity contribution in [2.75, 3.05) is 5.32 Å². The Balaban J connectivity index is 1.90. The van der Waals surface area contributed by atoms with Crippen LogP contribution in [0.15, 0.2) is 36.5 Å². The summed E-state index contributed by atoms with van der Waals surface area (Å²) in [7, 11) is 0. The van der Waals surface area contributed by atoms with Crippen molar-refractivity contribution in [3.63, 3.8) is 0 Å². The van der Waals surface area contributed by atoms with Crippen molar-refractivity contribution in [3.8, 4) is 0 Å². The van der Waals surface area contributed by atoms with E-state index < -0.39 is 0 Å². The number of aromatic nitrogens is 3. The summed E-state index contributed by atoms with van der Waals surface area (Å²) < 4.78 is 0. The van der Waals surface area contributed by atoms with E-state index in [4.69, 9.17) is 0 Å². The molecule has 0 aliphatic heterocycles. The monoisotopic (exact) mass is 252 g/mol. The van der Waals surface area contributed by atoms with Crippen molar-refractivity contribution in [3.05, 3.63) is 53.5 Å². The number of hydrogen-bond acceptors (Lipinski definition) is 3. The minimum absolute atomic E-state index is 0.766. The quantitative estimate of drug-likeness (QED) is 0.752. The molecular formula is C15H16N4. The number of rotatable bonds is 3. The van der Waals surface area contributed by atoms with Gasteiger partial charge in [0.05, 0.1) is 11.2 Å². The first kappa shape index (κ1) is 11.7. The number of pyridine rings is 1. The second-order valence-electron chi connectivity index (χ2n) is 4.64. The van der Waals surface area contributed by atoms with E-state index in [2.05, 4.69) is 32.6 Å². The lowest BCUT2D eigenvalue weighted by Crippen LogP contribution is -2.02. The molecule has 4 nitrogen and oxygen atoms in total. The van der Waals surface area contributed by atoms with Gasteiger partial charge in [-0.3, -0.25) is 10.1 Å². The Bertz CT molecular complexity index is 690. The van der Waals surface area contributed by atoms with Gasteiger partial charge in [-0.1, -0.05) is 6.07 Å². The summed E-state index contributed by atoms with van der Waals surface area (Å²) in [5, 5.41) is 11.8. The van der Waals surface area contributed by atoms with E-state index in [9.17, 15) is 0 Å². The average Bonchev–Trinajstić information content (AvgIpc) is 2.76. The number of nitrogens with one attached hydrogen (secondary N) is 2. The highest BCUT2D eigenvalue weighted by Crippen LogP contribution is 2.22. The molecule has 0 aliphatic rings. The van der Waals surface area contributed by atoms with Crippen molar-refractivity contribution in [2.24, 2.45) is 0 Å². The number of anilines is 1. The van der Waals surface area contributed by atoms with Crippen molar-refractivity contribution >= 4 is 16.6 Å². The molecule has 0 saturated heterocycles. The van der Waals surface area contributed by atoms with Crippen LogP contribution in [0.2, 0.25) is 0 Å². The third kappa shape index (κ3) is 2.17. The molecule has 3 aromatic rings. The lowest BCUT2D eigenvalue weighted by atomic mass is 10.1. The predicted octanol–water partition coefficient (Wildman–Crippen LogP) is 3.19. The van der Waals surface area contributed by atoms with Crippen LogP contribution in [0.25, 0.3) is 10.9 Å². The van der Waals surface area contributed by atoms with E-state index in [0.717, 1.165) is 34.5 Å². The zero-order valence-electron chi connectivity index (χ0n) is 11.1. The van der Waals surface area contributed by atoms with Crippen LogP contribution in [0.5, 0.6) is 0 Å². The van der Waals surface area contributed by atoms with Gasteiger partial charge in [0.25, 0.3) is 0 Å². The average molecular weight is 252 g/mol. The molecule has 4 heteroatoms. The molecule has 0 saturated carbocycles. The zero-order chi connectivity index (χ0) is 13.2.